The van der Waals surface area contributed by atoms with Crippen LogP contribution in [-0.4, -0.2) is 4.98 Å². The van der Waals surface area contributed by atoms with Crippen molar-refractivity contribution in [3.8, 4) is 0 Å². The van der Waals surface area contributed by atoms with Crippen molar-refractivity contribution >= 4 is 10.9 Å². The lowest BCUT2D eigenvalue weighted by atomic mass is 10.2. The van der Waals surface area contributed by atoms with Gasteiger partial charge in [-0.1, -0.05) is 30.3 Å². The van der Waals surface area contributed by atoms with E-state index in [-0.39, 0.29) is 17.0 Å². The highest BCUT2D eigenvalue weighted by Crippen LogP contribution is 2.11. The summed E-state index contributed by atoms with van der Waals surface area (Å²) in [4.78, 5) is 4.65. The average Bonchev–Trinajstić information content (AvgIpc) is 2.40. The van der Waals surface area contributed by atoms with Crippen molar-refractivity contribution in [1.82, 2.24) is 4.98 Å². The molecule has 0 unspecified atom stereocenters. The highest BCUT2D eigenvalue weighted by atomic mass is 79.9. The van der Waals surface area contributed by atoms with Gasteiger partial charge in [0.15, 0.2) is 18.9 Å². The van der Waals surface area contributed by atoms with E-state index >= 15 is 0 Å². The molecule has 0 bridgehead atoms. The highest BCUT2D eigenvalue weighted by Gasteiger charge is 2.03. The van der Waals surface area contributed by atoms with Crippen LogP contribution in [0.2, 0.25) is 0 Å². The number of para-hydroxylation sites is 1. The number of fused-ring (bicyclic) bond motifs is 1. The van der Waals surface area contributed by atoms with Crippen LogP contribution in [0, 0.1) is 0 Å². The van der Waals surface area contributed by atoms with E-state index in [2.05, 4.69) is 46.2 Å². The number of pyridine rings is 2. The Kier molecular flexibility index (Phi) is 4.05. The Balaban J connectivity index is 0.00000120. The number of benzene rings is 1. The van der Waals surface area contributed by atoms with Crippen molar-refractivity contribution in [2.24, 2.45) is 0 Å². The third-order valence-electron chi connectivity index (χ3n) is 2.78. The molecule has 0 aliphatic heterocycles. The fourth-order valence-corrected chi connectivity index (χ4v) is 1.92. The van der Waals surface area contributed by atoms with Crippen LogP contribution in [0.25, 0.3) is 10.9 Å². The molecule has 90 valence electrons. The van der Waals surface area contributed by atoms with Crippen molar-refractivity contribution in [2.75, 3.05) is 0 Å². The minimum Gasteiger partial charge on any atom is -1.00 e. The standard InChI is InChI=1S/C15H13N2.BrH/c1-4-10-17(11-5-1)12-14-9-8-13-6-2-3-7-15(13)16-14;/h1-11H,12H2;1H/q+1;/p-1. The van der Waals surface area contributed by atoms with Crippen LogP contribution in [0.3, 0.4) is 0 Å². The number of halogens is 1. The van der Waals surface area contributed by atoms with Gasteiger partial charge in [-0.3, -0.25) is 0 Å². The van der Waals surface area contributed by atoms with Gasteiger partial charge in [0.1, 0.15) is 5.69 Å². The van der Waals surface area contributed by atoms with Gasteiger partial charge in [0.2, 0.25) is 0 Å². The molecule has 1 aromatic carbocycles. The van der Waals surface area contributed by atoms with E-state index in [1.165, 1.54) is 5.39 Å². The number of nitrogens with zero attached hydrogens (tertiary/aromatic N) is 2. The zero-order chi connectivity index (χ0) is 11.5. The molecule has 0 spiro atoms. The third kappa shape index (κ3) is 2.74. The predicted molar refractivity (Wildman–Crippen MR) is 67.5 cm³/mol. The molecule has 0 amide bonds. The van der Waals surface area contributed by atoms with Gasteiger partial charge in [0, 0.05) is 17.5 Å². The maximum atomic E-state index is 4.65. The van der Waals surface area contributed by atoms with Gasteiger partial charge in [-0.25, -0.2) is 4.98 Å². The van der Waals surface area contributed by atoms with Crippen molar-refractivity contribution < 1.29 is 21.5 Å². The second-order valence-electron chi connectivity index (χ2n) is 4.04. The molecule has 2 heterocycles. The summed E-state index contributed by atoms with van der Waals surface area (Å²) < 4.78 is 2.12. The molecule has 0 saturated carbocycles. The molecule has 0 aliphatic carbocycles. The van der Waals surface area contributed by atoms with Crippen LogP contribution in [0.4, 0.5) is 0 Å². The van der Waals surface area contributed by atoms with E-state index in [1.807, 2.05) is 30.3 Å². The fraction of sp³-hybridized carbons (Fsp3) is 0.0667. The minimum atomic E-state index is 0. The zero-order valence-electron chi connectivity index (χ0n) is 9.83. The summed E-state index contributed by atoms with van der Waals surface area (Å²) in [5.41, 5.74) is 2.14. The lowest BCUT2D eigenvalue weighted by Gasteiger charge is -2.00. The van der Waals surface area contributed by atoms with Gasteiger partial charge in [-0.15, -0.1) is 0 Å². The van der Waals surface area contributed by atoms with Crippen molar-refractivity contribution in [2.45, 2.75) is 6.54 Å². The molecule has 3 heteroatoms. The summed E-state index contributed by atoms with van der Waals surface area (Å²) in [6.45, 7) is 0.811. The predicted octanol–water partition coefficient (Wildman–Crippen LogP) is -0.425. The summed E-state index contributed by atoms with van der Waals surface area (Å²) in [6, 6.07) is 18.5. The van der Waals surface area contributed by atoms with Crippen LogP contribution < -0.4 is 21.5 Å². The molecule has 0 radical (unpaired) electrons. The molecular formula is C15H13BrN2. The van der Waals surface area contributed by atoms with Crippen molar-refractivity contribution in [3.63, 3.8) is 0 Å². The van der Waals surface area contributed by atoms with Crippen LogP contribution in [-0.2, 0) is 6.54 Å². The first-order valence-electron chi connectivity index (χ1n) is 5.70. The maximum Gasteiger partial charge on any atom is 0.190 e. The minimum absolute atomic E-state index is 0. The van der Waals surface area contributed by atoms with Crippen LogP contribution in [0.1, 0.15) is 5.69 Å². The third-order valence-corrected chi connectivity index (χ3v) is 2.78. The molecule has 3 rings (SSSR count). The summed E-state index contributed by atoms with van der Waals surface area (Å²) in [5, 5.41) is 1.19. The summed E-state index contributed by atoms with van der Waals surface area (Å²) in [5.74, 6) is 0. The van der Waals surface area contributed by atoms with E-state index in [0.29, 0.717) is 0 Å². The fourth-order valence-electron chi connectivity index (χ4n) is 1.92. The molecule has 0 fully saturated rings. The summed E-state index contributed by atoms with van der Waals surface area (Å²) in [7, 11) is 0. The Bertz CT molecular complexity index is 638. The van der Waals surface area contributed by atoms with Crippen LogP contribution >= 0.6 is 0 Å². The largest absolute Gasteiger partial charge is 1.00 e. The molecule has 0 saturated heterocycles. The van der Waals surface area contributed by atoms with Crippen molar-refractivity contribution in [1.29, 1.82) is 0 Å². The summed E-state index contributed by atoms with van der Waals surface area (Å²) >= 11 is 0. The van der Waals surface area contributed by atoms with E-state index < -0.39 is 0 Å². The SMILES string of the molecule is [Br-].c1cc[n+](Cc2ccc3ccccc3n2)cc1. The van der Waals surface area contributed by atoms with Crippen LogP contribution in [0.15, 0.2) is 67.0 Å². The first-order chi connectivity index (χ1) is 8.42. The first-order valence-corrected chi connectivity index (χ1v) is 5.70. The monoisotopic (exact) mass is 300 g/mol. The van der Waals surface area contributed by atoms with Gasteiger partial charge in [0.05, 0.1) is 5.52 Å². The molecule has 0 aliphatic rings. The van der Waals surface area contributed by atoms with Gasteiger partial charge in [-0.2, -0.15) is 4.57 Å². The Morgan fingerprint density at radius 2 is 1.61 bits per heavy atom. The molecule has 0 N–H and O–H groups in total. The number of hydrogen-bond acceptors (Lipinski definition) is 1. The Morgan fingerprint density at radius 1 is 0.833 bits per heavy atom. The maximum absolute atomic E-state index is 4.65. The lowest BCUT2D eigenvalue weighted by Crippen LogP contribution is -3.00. The summed E-state index contributed by atoms with van der Waals surface area (Å²) in [6.07, 6.45) is 4.10. The second kappa shape index (κ2) is 5.74. The molecule has 18 heavy (non-hydrogen) atoms. The smallest absolute Gasteiger partial charge is 0.190 e. The van der Waals surface area contributed by atoms with Gasteiger partial charge in [-0.05, 0) is 12.1 Å². The molecule has 3 aromatic rings. The van der Waals surface area contributed by atoms with E-state index in [4.69, 9.17) is 0 Å². The van der Waals surface area contributed by atoms with Crippen molar-refractivity contribution in [3.05, 3.63) is 72.7 Å². The topological polar surface area (TPSA) is 16.8 Å². The average molecular weight is 301 g/mol. The number of aromatic nitrogens is 2. The highest BCUT2D eigenvalue weighted by molar-refractivity contribution is 5.78. The van der Waals surface area contributed by atoms with Gasteiger partial charge < -0.3 is 17.0 Å². The number of rotatable bonds is 2. The second-order valence-corrected chi connectivity index (χ2v) is 4.04. The Morgan fingerprint density at radius 3 is 2.44 bits per heavy atom. The Hall–Kier alpha value is -1.74. The van der Waals surface area contributed by atoms with E-state index in [1.54, 1.807) is 0 Å². The van der Waals surface area contributed by atoms with Gasteiger partial charge >= 0.3 is 0 Å². The van der Waals surface area contributed by atoms with Gasteiger partial charge in [0.25, 0.3) is 0 Å². The quantitative estimate of drug-likeness (QED) is 0.587. The first kappa shape index (κ1) is 12.7. The number of hydrogen-bond donors (Lipinski definition) is 0. The van der Waals surface area contributed by atoms with E-state index in [9.17, 15) is 0 Å². The molecule has 2 nitrogen and oxygen atoms in total. The normalized spacial score (nSPS) is 10.0. The Labute approximate surface area is 117 Å². The molecular weight excluding hydrogens is 288 g/mol. The van der Waals surface area contributed by atoms with Crippen LogP contribution in [0.5, 0.6) is 0 Å². The zero-order valence-corrected chi connectivity index (χ0v) is 11.4. The molecule has 0 atom stereocenters. The lowest BCUT2D eigenvalue weighted by molar-refractivity contribution is -0.688. The van der Waals surface area contributed by atoms with E-state index in [0.717, 1.165) is 17.8 Å². The molecule has 2 aromatic heterocycles.